The highest BCUT2D eigenvalue weighted by molar-refractivity contribution is 7.91. The lowest BCUT2D eigenvalue weighted by Crippen LogP contribution is -2.06. The molecule has 0 aliphatic rings. The summed E-state index contributed by atoms with van der Waals surface area (Å²) in [6.45, 7) is 0. The van der Waals surface area contributed by atoms with Gasteiger partial charge in [0, 0.05) is 23.1 Å². The molecule has 0 aliphatic carbocycles. The van der Waals surface area contributed by atoms with E-state index in [-0.39, 0.29) is 9.79 Å². The summed E-state index contributed by atoms with van der Waals surface area (Å²) in [7, 11) is -8.81. The standard InChI is InChI=1S/C26H23O7PS2/c1-35(28,29)25-15-7-21(8-16-25)32-19-3-11-23(12-4-19)34(27)24-13-5-20(6-14-24)33-22-9-17-26(18-10-22)36(2,30)31/h3-18,34H,1-2H3. The fraction of sp³-hybridized carbons (Fsp3) is 0.0769. The first-order valence-electron chi connectivity index (χ1n) is 10.7. The van der Waals surface area contributed by atoms with Crippen molar-refractivity contribution in [3.8, 4) is 23.0 Å². The van der Waals surface area contributed by atoms with Crippen molar-refractivity contribution >= 4 is 38.1 Å². The zero-order valence-corrected chi connectivity index (χ0v) is 22.0. The number of sulfone groups is 2. The van der Waals surface area contributed by atoms with Crippen LogP contribution in [0.15, 0.2) is 107 Å². The van der Waals surface area contributed by atoms with Gasteiger partial charge in [-0.3, -0.25) is 0 Å². The lowest BCUT2D eigenvalue weighted by molar-refractivity contribution is 0.482. The molecule has 0 radical (unpaired) electrons. The highest BCUT2D eigenvalue weighted by atomic mass is 32.2. The van der Waals surface area contributed by atoms with Gasteiger partial charge in [-0.2, -0.15) is 0 Å². The third-order valence-corrected chi connectivity index (χ3v) is 9.18. The first kappa shape index (κ1) is 25.7. The summed E-state index contributed by atoms with van der Waals surface area (Å²) >= 11 is 0. The van der Waals surface area contributed by atoms with E-state index in [9.17, 15) is 21.4 Å². The summed E-state index contributed by atoms with van der Waals surface area (Å²) in [5.74, 6) is 2.05. The monoisotopic (exact) mass is 542 g/mol. The quantitative estimate of drug-likeness (QED) is 0.300. The highest BCUT2D eigenvalue weighted by Crippen LogP contribution is 2.27. The minimum atomic E-state index is -3.27. The van der Waals surface area contributed by atoms with Crippen molar-refractivity contribution in [1.29, 1.82) is 0 Å². The maximum atomic E-state index is 13.0. The van der Waals surface area contributed by atoms with Gasteiger partial charge in [0.05, 0.1) is 9.79 Å². The average Bonchev–Trinajstić information content (AvgIpc) is 2.84. The van der Waals surface area contributed by atoms with E-state index in [0.717, 1.165) is 12.5 Å². The van der Waals surface area contributed by atoms with Gasteiger partial charge < -0.3 is 14.0 Å². The Kier molecular flexibility index (Phi) is 7.36. The molecule has 186 valence electrons. The van der Waals surface area contributed by atoms with E-state index in [1.807, 2.05) is 0 Å². The summed E-state index contributed by atoms with van der Waals surface area (Å²) < 4.78 is 70.8. The zero-order valence-electron chi connectivity index (χ0n) is 19.4. The second kappa shape index (κ2) is 10.3. The van der Waals surface area contributed by atoms with Crippen LogP contribution in [0.3, 0.4) is 0 Å². The van der Waals surface area contributed by atoms with E-state index < -0.39 is 27.5 Å². The predicted octanol–water partition coefficient (Wildman–Crippen LogP) is 4.59. The van der Waals surface area contributed by atoms with Crippen molar-refractivity contribution in [3.63, 3.8) is 0 Å². The predicted molar refractivity (Wildman–Crippen MR) is 140 cm³/mol. The third kappa shape index (κ3) is 6.43. The minimum Gasteiger partial charge on any atom is -0.457 e. The average molecular weight is 543 g/mol. The number of hydrogen-bond donors (Lipinski definition) is 0. The van der Waals surface area contributed by atoms with Crippen molar-refractivity contribution < 1.29 is 30.9 Å². The van der Waals surface area contributed by atoms with Crippen molar-refractivity contribution in [3.05, 3.63) is 97.1 Å². The second-order valence-corrected chi connectivity index (χ2v) is 13.9. The Bertz CT molecular complexity index is 1470. The molecule has 0 amide bonds. The van der Waals surface area contributed by atoms with Gasteiger partial charge in [-0.25, -0.2) is 16.8 Å². The summed E-state index contributed by atoms with van der Waals surface area (Å²) in [6.07, 6.45) is 2.29. The normalized spacial score (nSPS) is 11.9. The van der Waals surface area contributed by atoms with Gasteiger partial charge >= 0.3 is 0 Å². The van der Waals surface area contributed by atoms with Gasteiger partial charge in [0.15, 0.2) is 19.7 Å². The van der Waals surface area contributed by atoms with E-state index >= 15 is 0 Å². The maximum Gasteiger partial charge on any atom is 0.175 e. The molecule has 0 saturated carbocycles. The molecule has 0 aromatic heterocycles. The van der Waals surface area contributed by atoms with Gasteiger partial charge in [-0.1, -0.05) is 0 Å². The molecule has 0 spiro atoms. The molecule has 0 bridgehead atoms. The molecule has 0 aliphatic heterocycles. The van der Waals surface area contributed by atoms with E-state index in [2.05, 4.69) is 0 Å². The topological polar surface area (TPSA) is 104 Å². The first-order chi connectivity index (χ1) is 17.0. The lowest BCUT2D eigenvalue weighted by Gasteiger charge is -2.09. The molecule has 7 nitrogen and oxygen atoms in total. The lowest BCUT2D eigenvalue weighted by atomic mass is 10.3. The molecular weight excluding hydrogens is 519 g/mol. The van der Waals surface area contributed by atoms with Crippen molar-refractivity contribution in [1.82, 2.24) is 0 Å². The molecular formula is C26H23O7PS2. The molecule has 0 N–H and O–H groups in total. The summed E-state index contributed by atoms with van der Waals surface area (Å²) in [4.78, 5) is 0.426. The Morgan fingerprint density at radius 2 is 0.722 bits per heavy atom. The van der Waals surface area contributed by atoms with E-state index in [1.54, 1.807) is 72.8 Å². The maximum absolute atomic E-state index is 13.0. The smallest absolute Gasteiger partial charge is 0.175 e. The molecule has 0 heterocycles. The van der Waals surface area contributed by atoms with Crippen LogP contribution < -0.4 is 20.1 Å². The summed E-state index contributed by atoms with van der Waals surface area (Å²) in [6, 6.07) is 26.0. The second-order valence-electron chi connectivity index (χ2n) is 8.07. The first-order valence-corrected chi connectivity index (χ1v) is 15.9. The van der Waals surface area contributed by atoms with Crippen LogP contribution in [0.2, 0.25) is 0 Å². The Hall–Kier alpha value is -3.39. The molecule has 0 fully saturated rings. The van der Waals surface area contributed by atoms with Crippen molar-refractivity contribution in [2.24, 2.45) is 0 Å². The number of ether oxygens (including phenoxy) is 2. The van der Waals surface area contributed by atoms with Crippen LogP contribution in [0, 0.1) is 0 Å². The highest BCUT2D eigenvalue weighted by Gasteiger charge is 2.10. The van der Waals surface area contributed by atoms with Crippen LogP contribution in [0.1, 0.15) is 0 Å². The molecule has 0 unspecified atom stereocenters. The zero-order chi connectivity index (χ0) is 25.9. The Balaban J connectivity index is 1.40. The van der Waals surface area contributed by atoms with Gasteiger partial charge in [0.1, 0.15) is 30.8 Å². The van der Waals surface area contributed by atoms with Crippen LogP contribution in [-0.4, -0.2) is 29.3 Å². The van der Waals surface area contributed by atoms with Crippen molar-refractivity contribution in [2.45, 2.75) is 9.79 Å². The van der Waals surface area contributed by atoms with Crippen LogP contribution in [0.25, 0.3) is 0 Å². The fourth-order valence-corrected chi connectivity index (χ4v) is 5.83. The van der Waals surface area contributed by atoms with Crippen molar-refractivity contribution in [2.75, 3.05) is 12.5 Å². The van der Waals surface area contributed by atoms with Crippen LogP contribution in [0.5, 0.6) is 23.0 Å². The molecule has 0 atom stereocenters. The SMILES string of the molecule is CS(=O)(=O)c1ccc(Oc2ccc([PH](=O)c3ccc(Oc4ccc(S(C)(=O)=O)cc4)cc3)cc2)cc1. The molecule has 0 saturated heterocycles. The summed E-state index contributed by atoms with van der Waals surface area (Å²) in [5.41, 5.74) is 0. The minimum absolute atomic E-state index is 0.213. The van der Waals surface area contributed by atoms with Crippen LogP contribution in [0.4, 0.5) is 0 Å². The number of benzene rings is 4. The fourth-order valence-electron chi connectivity index (χ4n) is 3.30. The Morgan fingerprint density at radius 1 is 0.472 bits per heavy atom. The van der Waals surface area contributed by atoms with E-state index in [1.165, 1.54) is 24.3 Å². The van der Waals surface area contributed by atoms with Crippen LogP contribution >= 0.6 is 7.80 Å². The third-order valence-electron chi connectivity index (χ3n) is 5.21. The molecule has 36 heavy (non-hydrogen) atoms. The number of rotatable bonds is 8. The van der Waals surface area contributed by atoms with Gasteiger partial charge in [-0.15, -0.1) is 0 Å². The van der Waals surface area contributed by atoms with E-state index in [0.29, 0.717) is 33.6 Å². The van der Waals surface area contributed by atoms with E-state index in [4.69, 9.17) is 9.47 Å². The molecule has 4 aromatic rings. The molecule has 4 aromatic carbocycles. The largest absolute Gasteiger partial charge is 0.457 e. The molecule has 10 heteroatoms. The summed E-state index contributed by atoms with van der Waals surface area (Å²) in [5, 5.41) is 1.31. The Morgan fingerprint density at radius 3 is 0.972 bits per heavy atom. The molecule has 4 rings (SSSR count). The van der Waals surface area contributed by atoms with Gasteiger partial charge in [-0.05, 0) is 97.1 Å². The number of hydrogen-bond acceptors (Lipinski definition) is 7. The van der Waals surface area contributed by atoms with Gasteiger partial charge in [0.25, 0.3) is 0 Å². The van der Waals surface area contributed by atoms with Crippen LogP contribution in [-0.2, 0) is 24.2 Å². The van der Waals surface area contributed by atoms with Gasteiger partial charge in [0.2, 0.25) is 0 Å². The Labute approximate surface area is 211 Å².